The van der Waals surface area contributed by atoms with Crippen LogP contribution in [0.4, 0.5) is 0 Å². The van der Waals surface area contributed by atoms with Crippen LogP contribution in [-0.2, 0) is 9.53 Å². The van der Waals surface area contributed by atoms with E-state index in [1.54, 1.807) is 67.7 Å². The van der Waals surface area contributed by atoms with Gasteiger partial charge >= 0.3 is 5.97 Å². The number of esters is 1. The van der Waals surface area contributed by atoms with Gasteiger partial charge in [-0.25, -0.2) is 0 Å². The van der Waals surface area contributed by atoms with Crippen molar-refractivity contribution in [3.8, 4) is 11.5 Å². The van der Waals surface area contributed by atoms with Gasteiger partial charge in [0.1, 0.15) is 18.1 Å². The SMILES string of the molecule is COC(=O)C(C)CN(CCOc1ccc(OC)cc1)C(=O)c1ccncc1. The van der Waals surface area contributed by atoms with Crippen LogP contribution in [0.25, 0.3) is 0 Å². The zero-order valence-corrected chi connectivity index (χ0v) is 15.8. The Morgan fingerprint density at radius 2 is 1.67 bits per heavy atom. The summed E-state index contributed by atoms with van der Waals surface area (Å²) >= 11 is 0. The average molecular weight is 372 g/mol. The van der Waals surface area contributed by atoms with Crippen molar-refractivity contribution in [3.05, 3.63) is 54.4 Å². The molecule has 0 saturated carbocycles. The summed E-state index contributed by atoms with van der Waals surface area (Å²) in [6, 6.07) is 10.5. The lowest BCUT2D eigenvalue weighted by molar-refractivity contribution is -0.145. The molecule has 0 spiro atoms. The number of benzene rings is 1. The number of ether oxygens (including phenoxy) is 3. The number of aromatic nitrogens is 1. The highest BCUT2D eigenvalue weighted by molar-refractivity contribution is 5.94. The predicted octanol–water partition coefficient (Wildman–Crippen LogP) is 2.42. The van der Waals surface area contributed by atoms with Crippen LogP contribution in [0.2, 0.25) is 0 Å². The molecule has 1 amide bonds. The Morgan fingerprint density at radius 3 is 2.26 bits per heavy atom. The summed E-state index contributed by atoms with van der Waals surface area (Å²) in [7, 11) is 2.93. The quantitative estimate of drug-likeness (QED) is 0.629. The number of pyridine rings is 1. The minimum Gasteiger partial charge on any atom is -0.497 e. The van der Waals surface area contributed by atoms with E-state index in [0.717, 1.165) is 5.75 Å². The highest BCUT2D eigenvalue weighted by atomic mass is 16.5. The van der Waals surface area contributed by atoms with E-state index in [1.807, 2.05) is 0 Å². The molecule has 1 unspecified atom stereocenters. The Kier molecular flexibility index (Phi) is 7.61. The highest BCUT2D eigenvalue weighted by Gasteiger charge is 2.22. The van der Waals surface area contributed by atoms with Crippen LogP contribution in [0.3, 0.4) is 0 Å². The molecule has 0 N–H and O–H groups in total. The molecule has 144 valence electrons. The summed E-state index contributed by atoms with van der Waals surface area (Å²) in [6.45, 7) is 2.58. The Balaban J connectivity index is 2.02. The number of rotatable bonds is 9. The molecule has 27 heavy (non-hydrogen) atoms. The van der Waals surface area contributed by atoms with Gasteiger partial charge in [-0.05, 0) is 36.4 Å². The van der Waals surface area contributed by atoms with Gasteiger partial charge in [-0.3, -0.25) is 14.6 Å². The van der Waals surface area contributed by atoms with Gasteiger partial charge in [0.25, 0.3) is 5.91 Å². The van der Waals surface area contributed by atoms with E-state index in [-0.39, 0.29) is 25.0 Å². The third kappa shape index (κ3) is 5.99. The minimum atomic E-state index is -0.443. The molecule has 0 saturated heterocycles. The molecule has 0 radical (unpaired) electrons. The zero-order valence-electron chi connectivity index (χ0n) is 15.8. The van der Waals surface area contributed by atoms with Crippen LogP contribution in [-0.4, -0.2) is 55.7 Å². The van der Waals surface area contributed by atoms with Crippen molar-refractivity contribution in [3.63, 3.8) is 0 Å². The molecule has 2 rings (SSSR count). The van der Waals surface area contributed by atoms with Crippen molar-refractivity contribution >= 4 is 11.9 Å². The summed E-state index contributed by atoms with van der Waals surface area (Å²) in [5, 5.41) is 0. The molecule has 1 heterocycles. The molecule has 0 fully saturated rings. The smallest absolute Gasteiger partial charge is 0.310 e. The number of carbonyl (C=O) groups excluding carboxylic acids is 2. The standard InChI is InChI=1S/C20H24N2O5/c1-15(20(24)26-3)14-22(19(23)16-8-10-21-11-9-16)12-13-27-18-6-4-17(25-2)5-7-18/h4-11,15H,12-14H2,1-3H3. The topological polar surface area (TPSA) is 78.0 Å². The summed E-state index contributed by atoms with van der Waals surface area (Å²) in [4.78, 5) is 30.0. The fraction of sp³-hybridized carbons (Fsp3) is 0.350. The summed E-state index contributed by atoms with van der Waals surface area (Å²) in [5.41, 5.74) is 0.506. The van der Waals surface area contributed by atoms with Crippen LogP contribution < -0.4 is 9.47 Å². The number of hydrogen-bond acceptors (Lipinski definition) is 6. The van der Waals surface area contributed by atoms with Crippen molar-refractivity contribution in [2.75, 3.05) is 33.9 Å². The van der Waals surface area contributed by atoms with Crippen molar-refractivity contribution in [1.82, 2.24) is 9.88 Å². The first-order chi connectivity index (χ1) is 13.0. The van der Waals surface area contributed by atoms with Crippen molar-refractivity contribution in [1.29, 1.82) is 0 Å². The largest absolute Gasteiger partial charge is 0.497 e. The number of hydrogen-bond donors (Lipinski definition) is 0. The number of amides is 1. The van der Waals surface area contributed by atoms with Crippen molar-refractivity contribution in [2.45, 2.75) is 6.92 Å². The molecule has 7 heteroatoms. The fourth-order valence-corrected chi connectivity index (χ4v) is 2.50. The van der Waals surface area contributed by atoms with Crippen LogP contribution >= 0.6 is 0 Å². The van der Waals surface area contributed by atoms with E-state index < -0.39 is 5.92 Å². The Hall–Kier alpha value is -3.09. The van der Waals surface area contributed by atoms with Gasteiger partial charge in [0, 0.05) is 24.5 Å². The van der Waals surface area contributed by atoms with Crippen LogP contribution in [0.1, 0.15) is 17.3 Å². The second kappa shape index (κ2) is 10.2. The van der Waals surface area contributed by atoms with Crippen LogP contribution in [0.5, 0.6) is 11.5 Å². The van der Waals surface area contributed by atoms with Crippen molar-refractivity contribution < 1.29 is 23.8 Å². The van der Waals surface area contributed by atoms with Gasteiger partial charge in [-0.2, -0.15) is 0 Å². The van der Waals surface area contributed by atoms with E-state index in [4.69, 9.17) is 14.2 Å². The van der Waals surface area contributed by atoms with Gasteiger partial charge < -0.3 is 19.1 Å². The molecular weight excluding hydrogens is 348 g/mol. The first-order valence-corrected chi connectivity index (χ1v) is 8.59. The molecule has 1 aromatic heterocycles. The Labute approximate surface area is 158 Å². The number of carbonyl (C=O) groups is 2. The first-order valence-electron chi connectivity index (χ1n) is 8.59. The van der Waals surface area contributed by atoms with Gasteiger partial charge in [0.15, 0.2) is 0 Å². The maximum atomic E-state index is 12.8. The Bertz CT molecular complexity index is 734. The number of nitrogens with zero attached hydrogens (tertiary/aromatic N) is 2. The molecule has 0 bridgehead atoms. The van der Waals surface area contributed by atoms with Gasteiger partial charge in [-0.15, -0.1) is 0 Å². The molecule has 7 nitrogen and oxygen atoms in total. The second-order valence-corrected chi connectivity index (χ2v) is 5.94. The molecule has 1 aromatic carbocycles. The highest BCUT2D eigenvalue weighted by Crippen LogP contribution is 2.17. The van der Waals surface area contributed by atoms with Gasteiger partial charge in [0.05, 0.1) is 26.7 Å². The monoisotopic (exact) mass is 372 g/mol. The molecule has 0 aliphatic heterocycles. The first kappa shape index (κ1) is 20.2. The van der Waals surface area contributed by atoms with Crippen LogP contribution in [0, 0.1) is 5.92 Å². The lowest BCUT2D eigenvalue weighted by Gasteiger charge is -2.25. The normalized spacial score (nSPS) is 11.4. The lowest BCUT2D eigenvalue weighted by Crippen LogP contribution is -2.39. The third-order valence-electron chi connectivity index (χ3n) is 4.00. The molecular formula is C20H24N2O5. The second-order valence-electron chi connectivity index (χ2n) is 5.94. The third-order valence-corrected chi connectivity index (χ3v) is 4.00. The fourth-order valence-electron chi connectivity index (χ4n) is 2.50. The summed E-state index contributed by atoms with van der Waals surface area (Å²) < 4.78 is 15.6. The molecule has 1 atom stereocenters. The van der Waals surface area contributed by atoms with E-state index >= 15 is 0 Å². The van der Waals surface area contributed by atoms with E-state index in [2.05, 4.69) is 4.98 Å². The minimum absolute atomic E-state index is 0.188. The molecule has 2 aromatic rings. The predicted molar refractivity (Wildman–Crippen MR) is 99.8 cm³/mol. The lowest BCUT2D eigenvalue weighted by atomic mass is 10.1. The molecule has 0 aliphatic rings. The van der Waals surface area contributed by atoms with Gasteiger partial charge in [0.2, 0.25) is 0 Å². The summed E-state index contributed by atoms with van der Waals surface area (Å²) in [6.07, 6.45) is 3.12. The van der Waals surface area contributed by atoms with E-state index in [1.165, 1.54) is 7.11 Å². The maximum absolute atomic E-state index is 12.8. The van der Waals surface area contributed by atoms with Crippen molar-refractivity contribution in [2.24, 2.45) is 5.92 Å². The summed E-state index contributed by atoms with van der Waals surface area (Å²) in [5.74, 6) is 0.420. The maximum Gasteiger partial charge on any atom is 0.310 e. The van der Waals surface area contributed by atoms with Gasteiger partial charge in [-0.1, -0.05) is 6.92 Å². The van der Waals surface area contributed by atoms with E-state index in [0.29, 0.717) is 17.9 Å². The van der Waals surface area contributed by atoms with Crippen LogP contribution in [0.15, 0.2) is 48.8 Å². The zero-order chi connectivity index (χ0) is 19.6. The Morgan fingerprint density at radius 1 is 1.04 bits per heavy atom. The number of methoxy groups -OCH3 is 2. The van der Waals surface area contributed by atoms with E-state index in [9.17, 15) is 9.59 Å². The molecule has 0 aliphatic carbocycles. The average Bonchev–Trinajstić information content (AvgIpc) is 2.72.